The number of carbonyl (C=O) groups is 1. The van der Waals surface area contributed by atoms with Crippen LogP contribution in [0.4, 0.5) is 0 Å². The Morgan fingerprint density at radius 1 is 1.44 bits per heavy atom. The Morgan fingerprint density at radius 3 is 2.61 bits per heavy atom. The molecule has 7 heteroatoms. The third-order valence-electron chi connectivity index (χ3n) is 2.93. The fourth-order valence-electron chi connectivity index (χ4n) is 2.23. The molecule has 0 saturated carbocycles. The molecule has 2 aliphatic heterocycles. The van der Waals surface area contributed by atoms with Gasteiger partial charge in [0.2, 0.25) is 5.78 Å². The molecule has 0 aromatic rings. The van der Waals surface area contributed by atoms with Gasteiger partial charge in [-0.3, -0.25) is 4.79 Å². The minimum atomic E-state index is -0.757. The normalized spacial score (nSPS) is 39.1. The molecule has 0 aromatic heterocycles. The lowest BCUT2D eigenvalue weighted by atomic mass is 10.1. The smallest absolute Gasteiger partial charge is 0.248 e. The average Bonchev–Trinajstić information content (AvgIpc) is 2.80. The van der Waals surface area contributed by atoms with Crippen LogP contribution >= 0.6 is 15.9 Å². The Labute approximate surface area is 113 Å². The van der Waals surface area contributed by atoms with E-state index in [1.807, 2.05) is 0 Å². The first-order valence-corrected chi connectivity index (χ1v) is 6.43. The number of alkyl halides is 1. The second-order valence-corrected chi connectivity index (χ2v) is 5.63. The monoisotopic (exact) mass is 319 g/mol. The number of nitriles is 1. The van der Waals surface area contributed by atoms with Crippen LogP contribution in [0.2, 0.25) is 0 Å². The van der Waals surface area contributed by atoms with Crippen LogP contribution in [0.15, 0.2) is 0 Å². The van der Waals surface area contributed by atoms with Crippen molar-refractivity contribution in [3.8, 4) is 6.07 Å². The summed E-state index contributed by atoms with van der Waals surface area (Å²) < 4.78 is 22.1. The van der Waals surface area contributed by atoms with Crippen molar-refractivity contribution in [1.82, 2.24) is 0 Å². The van der Waals surface area contributed by atoms with Gasteiger partial charge < -0.3 is 18.9 Å². The Bertz CT molecular complexity index is 393. The second kappa shape index (κ2) is 4.87. The number of nitrogens with zero attached hydrogens (tertiary/aromatic N) is 1. The van der Waals surface area contributed by atoms with E-state index in [0.29, 0.717) is 0 Å². The first-order chi connectivity index (χ1) is 8.39. The van der Waals surface area contributed by atoms with Gasteiger partial charge in [0, 0.05) is 7.11 Å². The van der Waals surface area contributed by atoms with Gasteiger partial charge in [-0.2, -0.15) is 5.26 Å². The van der Waals surface area contributed by atoms with Gasteiger partial charge in [0.25, 0.3) is 0 Å². The largest absolute Gasteiger partial charge is 0.353 e. The van der Waals surface area contributed by atoms with Crippen molar-refractivity contribution in [2.75, 3.05) is 7.11 Å². The van der Waals surface area contributed by atoms with Crippen LogP contribution in [0.25, 0.3) is 0 Å². The molecular formula is C11H14BrNO5. The van der Waals surface area contributed by atoms with Gasteiger partial charge in [-0.1, -0.05) is 15.9 Å². The quantitative estimate of drug-likeness (QED) is 0.564. The van der Waals surface area contributed by atoms with Crippen molar-refractivity contribution in [2.45, 2.75) is 49.1 Å². The topological polar surface area (TPSA) is 77.8 Å². The van der Waals surface area contributed by atoms with Gasteiger partial charge in [0.05, 0.1) is 0 Å². The number of Topliss-reactive ketones (excluding diaryl/α,β-unsaturated/α-hetero) is 1. The van der Waals surface area contributed by atoms with E-state index in [4.69, 9.17) is 24.2 Å². The lowest BCUT2D eigenvalue weighted by molar-refractivity contribution is -0.226. The summed E-state index contributed by atoms with van der Waals surface area (Å²) >= 11 is 3.17. The van der Waals surface area contributed by atoms with Crippen molar-refractivity contribution < 1.29 is 23.7 Å². The number of halogens is 1. The van der Waals surface area contributed by atoms with E-state index >= 15 is 0 Å². The first-order valence-electron chi connectivity index (χ1n) is 5.51. The van der Waals surface area contributed by atoms with Crippen molar-refractivity contribution in [1.29, 1.82) is 5.26 Å². The van der Waals surface area contributed by atoms with Gasteiger partial charge in [-0.15, -0.1) is 0 Å². The molecule has 0 N–H and O–H groups in total. The molecule has 0 radical (unpaired) electrons. The molecular weight excluding hydrogens is 306 g/mol. The van der Waals surface area contributed by atoms with E-state index < -0.39 is 41.0 Å². The van der Waals surface area contributed by atoms with Gasteiger partial charge in [0.15, 0.2) is 12.1 Å². The van der Waals surface area contributed by atoms with E-state index in [1.54, 1.807) is 19.9 Å². The highest BCUT2D eigenvalue weighted by molar-refractivity contribution is 9.10. The third-order valence-corrected chi connectivity index (χ3v) is 3.87. The standard InChI is InChI=1S/C11H14BrNO5/c1-11(2)17-8-7(6(12)5(14)4-13)16-10(15-3)9(8)18-11/h6-10H,1-3H3/t6?,7-,8-,9-,10-/m1/s1. The van der Waals surface area contributed by atoms with Crippen LogP contribution in [0, 0.1) is 11.3 Å². The number of hydrogen-bond donors (Lipinski definition) is 0. The lowest BCUT2D eigenvalue weighted by Gasteiger charge is -2.24. The molecule has 0 aromatic carbocycles. The Hall–Kier alpha value is -0.520. The number of ether oxygens (including phenoxy) is 4. The summed E-state index contributed by atoms with van der Waals surface area (Å²) in [5.74, 6) is -1.36. The van der Waals surface area contributed by atoms with Crippen LogP contribution in [-0.4, -0.2) is 48.1 Å². The molecule has 2 heterocycles. The highest BCUT2D eigenvalue weighted by Gasteiger charge is 2.58. The van der Waals surface area contributed by atoms with E-state index in [2.05, 4.69) is 15.9 Å². The predicted molar refractivity (Wildman–Crippen MR) is 62.8 cm³/mol. The molecule has 18 heavy (non-hydrogen) atoms. The first kappa shape index (κ1) is 13.9. The summed E-state index contributed by atoms with van der Waals surface area (Å²) in [5, 5.41) is 8.64. The van der Waals surface area contributed by atoms with Crippen molar-refractivity contribution in [2.24, 2.45) is 0 Å². The molecule has 2 fully saturated rings. The molecule has 2 aliphatic rings. The summed E-state index contributed by atoms with van der Waals surface area (Å²) in [6.45, 7) is 3.56. The van der Waals surface area contributed by atoms with Crippen LogP contribution in [0.3, 0.4) is 0 Å². The minimum absolute atomic E-state index is 0.401. The second-order valence-electron chi connectivity index (χ2n) is 4.65. The van der Waals surface area contributed by atoms with Crippen molar-refractivity contribution in [3.05, 3.63) is 0 Å². The van der Waals surface area contributed by atoms with E-state index in [-0.39, 0.29) is 0 Å². The molecule has 2 rings (SSSR count). The summed E-state index contributed by atoms with van der Waals surface area (Å²) in [4.78, 5) is 10.7. The fraction of sp³-hybridized carbons (Fsp3) is 0.818. The molecule has 1 unspecified atom stereocenters. The van der Waals surface area contributed by atoms with E-state index in [1.165, 1.54) is 7.11 Å². The van der Waals surface area contributed by atoms with Crippen molar-refractivity contribution >= 4 is 21.7 Å². The molecule has 0 spiro atoms. The number of hydrogen-bond acceptors (Lipinski definition) is 6. The maximum atomic E-state index is 11.4. The summed E-state index contributed by atoms with van der Waals surface area (Å²) in [7, 11) is 1.49. The molecule has 2 saturated heterocycles. The molecule has 0 bridgehead atoms. The molecule has 6 nitrogen and oxygen atoms in total. The Kier molecular flexibility index (Phi) is 3.76. The molecule has 5 atom stereocenters. The van der Waals surface area contributed by atoms with Crippen LogP contribution < -0.4 is 0 Å². The summed E-state index contributed by atoms with van der Waals surface area (Å²) in [6.07, 6.45) is -2.05. The van der Waals surface area contributed by atoms with Crippen LogP contribution in [0.5, 0.6) is 0 Å². The van der Waals surface area contributed by atoms with E-state index in [0.717, 1.165) is 0 Å². The number of carbonyl (C=O) groups excluding carboxylic acids is 1. The third kappa shape index (κ3) is 2.31. The van der Waals surface area contributed by atoms with Crippen LogP contribution in [-0.2, 0) is 23.7 Å². The van der Waals surface area contributed by atoms with E-state index in [9.17, 15) is 4.79 Å². The summed E-state index contributed by atoms with van der Waals surface area (Å²) in [5.41, 5.74) is 0. The maximum Gasteiger partial charge on any atom is 0.248 e. The fourth-order valence-corrected chi connectivity index (χ4v) is 2.76. The van der Waals surface area contributed by atoms with Gasteiger partial charge in [0.1, 0.15) is 29.2 Å². The highest BCUT2D eigenvalue weighted by atomic mass is 79.9. The van der Waals surface area contributed by atoms with Crippen molar-refractivity contribution in [3.63, 3.8) is 0 Å². The number of rotatable bonds is 3. The predicted octanol–water partition coefficient (Wildman–Crippen LogP) is 0.734. The van der Waals surface area contributed by atoms with Gasteiger partial charge in [-0.05, 0) is 13.8 Å². The zero-order chi connectivity index (χ0) is 13.5. The van der Waals surface area contributed by atoms with Crippen LogP contribution in [0.1, 0.15) is 13.8 Å². The maximum absolute atomic E-state index is 11.4. The molecule has 100 valence electrons. The zero-order valence-electron chi connectivity index (χ0n) is 10.3. The summed E-state index contributed by atoms with van der Waals surface area (Å²) in [6, 6.07) is 1.57. The highest BCUT2D eigenvalue weighted by Crippen LogP contribution is 2.41. The number of ketones is 1. The number of methoxy groups -OCH3 is 1. The molecule has 0 amide bonds. The molecule has 0 aliphatic carbocycles. The van der Waals surface area contributed by atoms with Gasteiger partial charge >= 0.3 is 0 Å². The average molecular weight is 320 g/mol. The van der Waals surface area contributed by atoms with Gasteiger partial charge in [-0.25, -0.2) is 0 Å². The SMILES string of the molecule is CO[C@@H]1O[C@H](C(Br)C(=O)C#N)[C@H]2OC(C)(C)O[C@@H]12. The Balaban J connectivity index is 2.19. The lowest BCUT2D eigenvalue weighted by Crippen LogP contribution is -2.39. The number of fused-ring (bicyclic) bond motifs is 1. The Morgan fingerprint density at radius 2 is 2.06 bits per heavy atom. The minimum Gasteiger partial charge on any atom is -0.353 e. The zero-order valence-corrected chi connectivity index (χ0v) is 11.8.